The molecule has 1 aromatic heterocycles. The third-order valence-corrected chi connectivity index (χ3v) is 6.31. The number of sulfonamides is 1. The summed E-state index contributed by atoms with van der Waals surface area (Å²) < 4.78 is 64.6. The van der Waals surface area contributed by atoms with E-state index in [1.54, 1.807) is 30.3 Å². The van der Waals surface area contributed by atoms with E-state index in [2.05, 4.69) is 5.32 Å². The fourth-order valence-corrected chi connectivity index (χ4v) is 4.44. The second-order valence-corrected chi connectivity index (χ2v) is 9.55. The van der Waals surface area contributed by atoms with Gasteiger partial charge in [0.2, 0.25) is 10.0 Å². The average molecular weight is 479 g/mol. The predicted molar refractivity (Wildman–Crippen MR) is 104 cm³/mol. The Bertz CT molecular complexity index is 1180. The fraction of sp³-hybridized carbons (Fsp3) is 0.0588. The van der Waals surface area contributed by atoms with Gasteiger partial charge in [0.15, 0.2) is 0 Å². The molecule has 0 bridgehead atoms. The molecule has 2 aromatic carbocycles. The summed E-state index contributed by atoms with van der Waals surface area (Å²) in [5.74, 6) is 0.115. The maximum absolute atomic E-state index is 12.0. The smallest absolute Gasteiger partial charge is 0.744 e. The van der Waals surface area contributed by atoms with Crippen LogP contribution in [0.3, 0.4) is 0 Å². The van der Waals surface area contributed by atoms with Crippen LogP contribution in [0.5, 0.6) is 11.5 Å². The van der Waals surface area contributed by atoms with E-state index in [1.165, 1.54) is 11.3 Å². The van der Waals surface area contributed by atoms with E-state index in [0.29, 0.717) is 11.8 Å². The molecule has 12 heteroatoms. The first-order chi connectivity index (χ1) is 13.1. The Balaban J connectivity index is 0.00000300. The predicted octanol–water partition coefficient (Wildman–Crippen LogP) is -0.292. The van der Waals surface area contributed by atoms with Crippen molar-refractivity contribution >= 4 is 37.2 Å². The standard InChI is InChI=1S/C17H16N2O6S3.K/c18-27(20,21)17-10-16(28(22,23)24)14(19-11-13-7-4-8-26-13)9-15(17)25-12-5-2-1-3-6-12;/h1-10,19H,11H2,(H2,18,20,21)(H,22,23,24);/q;+1/p-1. The van der Waals surface area contributed by atoms with Crippen molar-refractivity contribution in [2.24, 2.45) is 5.14 Å². The minimum Gasteiger partial charge on any atom is -0.744 e. The molecule has 29 heavy (non-hydrogen) atoms. The van der Waals surface area contributed by atoms with Crippen molar-refractivity contribution in [1.82, 2.24) is 0 Å². The molecule has 148 valence electrons. The number of hydrogen-bond acceptors (Lipinski definition) is 8. The molecule has 0 saturated heterocycles. The zero-order valence-electron chi connectivity index (χ0n) is 15.2. The molecule has 8 nitrogen and oxygen atoms in total. The van der Waals surface area contributed by atoms with Crippen LogP contribution >= 0.6 is 11.3 Å². The summed E-state index contributed by atoms with van der Waals surface area (Å²) >= 11 is 1.43. The number of nitrogens with two attached hydrogens (primary N) is 1. The first kappa shape index (κ1) is 24.5. The molecule has 0 radical (unpaired) electrons. The van der Waals surface area contributed by atoms with Crippen LogP contribution in [0.25, 0.3) is 0 Å². The van der Waals surface area contributed by atoms with Gasteiger partial charge in [-0.2, -0.15) is 0 Å². The van der Waals surface area contributed by atoms with E-state index in [4.69, 9.17) is 9.88 Å². The van der Waals surface area contributed by atoms with Crippen molar-refractivity contribution in [1.29, 1.82) is 0 Å². The van der Waals surface area contributed by atoms with Crippen LogP contribution < -0.4 is 66.6 Å². The number of para-hydroxylation sites is 1. The summed E-state index contributed by atoms with van der Waals surface area (Å²) in [6.45, 7) is 0.236. The molecule has 3 N–H and O–H groups in total. The molecule has 3 aromatic rings. The van der Waals surface area contributed by atoms with Gasteiger partial charge < -0.3 is 14.6 Å². The fourth-order valence-electron chi connectivity index (χ4n) is 2.40. The van der Waals surface area contributed by atoms with E-state index >= 15 is 0 Å². The third-order valence-electron chi connectivity index (χ3n) is 3.63. The zero-order valence-corrected chi connectivity index (χ0v) is 20.8. The quantitative estimate of drug-likeness (QED) is 0.351. The minimum absolute atomic E-state index is 0. The van der Waals surface area contributed by atoms with Crippen molar-refractivity contribution in [3.8, 4) is 11.5 Å². The van der Waals surface area contributed by atoms with Crippen molar-refractivity contribution in [3.05, 3.63) is 64.9 Å². The molecule has 0 spiro atoms. The van der Waals surface area contributed by atoms with Gasteiger partial charge in [0.05, 0.1) is 10.6 Å². The summed E-state index contributed by atoms with van der Waals surface area (Å²) in [5, 5.41) is 9.89. The van der Waals surface area contributed by atoms with Crippen LogP contribution in [0.2, 0.25) is 0 Å². The van der Waals surface area contributed by atoms with Gasteiger partial charge in [0.25, 0.3) is 0 Å². The zero-order chi connectivity index (χ0) is 20.4. The number of hydrogen-bond donors (Lipinski definition) is 2. The van der Waals surface area contributed by atoms with Gasteiger partial charge in [0, 0.05) is 17.5 Å². The number of benzene rings is 2. The maximum Gasteiger partial charge on any atom is 1.00 e. The summed E-state index contributed by atoms with van der Waals surface area (Å²) in [6, 6.07) is 13.8. The van der Waals surface area contributed by atoms with E-state index in [9.17, 15) is 21.4 Å². The molecular weight excluding hydrogens is 463 g/mol. The SMILES string of the molecule is NS(=O)(=O)c1cc(S(=O)(=O)[O-])c(NCc2cccs2)cc1Oc1ccccc1.[K+]. The van der Waals surface area contributed by atoms with Crippen LogP contribution in [0.1, 0.15) is 4.88 Å². The second-order valence-electron chi connectivity index (χ2n) is 5.64. The molecule has 0 aliphatic carbocycles. The number of anilines is 1. The molecule has 0 amide bonds. The van der Waals surface area contributed by atoms with E-state index in [0.717, 1.165) is 10.9 Å². The molecule has 0 aliphatic rings. The summed E-state index contributed by atoms with van der Waals surface area (Å²) in [5.41, 5.74) is -0.0817. The molecule has 0 fully saturated rings. The summed E-state index contributed by atoms with van der Waals surface area (Å²) in [7, 11) is -9.35. The molecule has 0 aliphatic heterocycles. The largest absolute Gasteiger partial charge is 1.00 e. The van der Waals surface area contributed by atoms with Crippen molar-refractivity contribution in [3.63, 3.8) is 0 Å². The van der Waals surface area contributed by atoms with Crippen LogP contribution in [0.15, 0.2) is 69.8 Å². The van der Waals surface area contributed by atoms with E-state index < -0.39 is 29.9 Å². The van der Waals surface area contributed by atoms with Crippen LogP contribution in [0, 0.1) is 0 Å². The summed E-state index contributed by atoms with van der Waals surface area (Å²) in [6.07, 6.45) is 0. The third kappa shape index (κ3) is 6.59. The number of thiophene rings is 1. The average Bonchev–Trinajstić information content (AvgIpc) is 3.12. The van der Waals surface area contributed by atoms with Crippen molar-refractivity contribution in [2.45, 2.75) is 16.3 Å². The normalized spacial score (nSPS) is 11.5. The Labute approximate surface area is 215 Å². The van der Waals surface area contributed by atoms with Crippen LogP contribution in [0.4, 0.5) is 5.69 Å². The van der Waals surface area contributed by atoms with Gasteiger partial charge in [-0.1, -0.05) is 24.3 Å². The molecular formula is C17H15KN2O6S3. The molecule has 3 rings (SSSR count). The van der Waals surface area contributed by atoms with Gasteiger partial charge >= 0.3 is 51.4 Å². The van der Waals surface area contributed by atoms with Gasteiger partial charge in [-0.05, 0) is 29.6 Å². The topological polar surface area (TPSA) is 139 Å². The molecule has 0 atom stereocenters. The van der Waals surface area contributed by atoms with Gasteiger partial charge in [-0.3, -0.25) is 0 Å². The van der Waals surface area contributed by atoms with E-state index in [1.807, 2.05) is 17.5 Å². The number of nitrogens with one attached hydrogen (secondary N) is 1. The number of primary sulfonamides is 1. The van der Waals surface area contributed by atoms with Crippen molar-refractivity contribution < 1.29 is 77.5 Å². The van der Waals surface area contributed by atoms with Crippen LogP contribution in [-0.4, -0.2) is 21.4 Å². The second kappa shape index (κ2) is 10.0. The Morgan fingerprint density at radius 2 is 1.69 bits per heavy atom. The Kier molecular flexibility index (Phi) is 8.44. The first-order valence-electron chi connectivity index (χ1n) is 7.80. The first-order valence-corrected chi connectivity index (χ1v) is 11.6. The number of ether oxygens (including phenoxy) is 1. The minimum atomic E-state index is -4.98. The van der Waals surface area contributed by atoms with Gasteiger partial charge in [0.1, 0.15) is 26.5 Å². The Hall–Kier alpha value is -0.804. The maximum atomic E-state index is 12.0. The van der Waals surface area contributed by atoms with Crippen molar-refractivity contribution in [2.75, 3.05) is 5.32 Å². The van der Waals surface area contributed by atoms with Gasteiger partial charge in [-0.15, -0.1) is 11.3 Å². The molecule has 0 saturated carbocycles. The Morgan fingerprint density at radius 1 is 1.00 bits per heavy atom. The summed E-state index contributed by atoms with van der Waals surface area (Å²) in [4.78, 5) is -0.448. The van der Waals surface area contributed by atoms with Crippen LogP contribution in [-0.2, 0) is 26.7 Å². The monoisotopic (exact) mass is 478 g/mol. The number of rotatable bonds is 7. The molecule has 0 unspecified atom stereocenters. The van der Waals surface area contributed by atoms with E-state index in [-0.39, 0.29) is 69.4 Å². The Morgan fingerprint density at radius 3 is 2.24 bits per heavy atom. The van der Waals surface area contributed by atoms with Gasteiger partial charge in [-0.25, -0.2) is 22.0 Å². The molecule has 1 heterocycles.